The molecule has 1 fully saturated rings. The smallest absolute Gasteiger partial charge is 0.174 e. The standard InChI is InChI=1S/C21H28N2S2/c1-15-12-16(2)14-18(13-15)22-21(24)23(19-8-5-4-6-9-19)17(3)20-10-7-11-25-20/h7,10-14,17,19H,4-6,8-9H2,1-3H3,(H,22,24)/t17-/m1/s1. The van der Waals surface area contributed by atoms with E-state index < -0.39 is 0 Å². The van der Waals surface area contributed by atoms with Crippen LogP contribution in [-0.2, 0) is 0 Å². The number of benzene rings is 1. The largest absolute Gasteiger partial charge is 0.338 e. The van der Waals surface area contributed by atoms with Crippen LogP contribution in [0.1, 0.15) is 61.1 Å². The molecule has 2 nitrogen and oxygen atoms in total. The maximum atomic E-state index is 5.89. The fourth-order valence-corrected chi connectivity index (χ4v) is 5.13. The summed E-state index contributed by atoms with van der Waals surface area (Å²) in [5.74, 6) is 0. The van der Waals surface area contributed by atoms with Gasteiger partial charge in [-0.15, -0.1) is 11.3 Å². The van der Waals surface area contributed by atoms with Gasteiger partial charge in [0.25, 0.3) is 0 Å². The Kier molecular flexibility index (Phi) is 6.13. The van der Waals surface area contributed by atoms with E-state index in [-0.39, 0.29) is 0 Å². The number of aryl methyl sites for hydroxylation is 2. The highest BCUT2D eigenvalue weighted by Gasteiger charge is 2.28. The molecular weight excluding hydrogens is 344 g/mol. The third-order valence-electron chi connectivity index (χ3n) is 5.05. The molecule has 0 amide bonds. The Morgan fingerprint density at radius 2 is 1.84 bits per heavy atom. The molecule has 1 atom stereocenters. The molecule has 0 saturated heterocycles. The number of thiocarbonyl (C=S) groups is 1. The minimum absolute atomic E-state index is 0.314. The van der Waals surface area contributed by atoms with E-state index in [1.54, 1.807) is 0 Å². The van der Waals surface area contributed by atoms with Crippen molar-refractivity contribution in [3.05, 3.63) is 51.7 Å². The summed E-state index contributed by atoms with van der Waals surface area (Å²) in [5, 5.41) is 6.54. The van der Waals surface area contributed by atoms with E-state index in [0.717, 1.165) is 10.8 Å². The first-order valence-electron chi connectivity index (χ1n) is 9.25. The van der Waals surface area contributed by atoms with E-state index in [2.05, 4.69) is 66.7 Å². The average Bonchev–Trinajstić information content (AvgIpc) is 3.09. The highest BCUT2D eigenvalue weighted by atomic mass is 32.1. The minimum atomic E-state index is 0.314. The molecular formula is C21H28N2S2. The fourth-order valence-electron chi connectivity index (χ4n) is 3.92. The van der Waals surface area contributed by atoms with Crippen molar-refractivity contribution >= 4 is 34.4 Å². The van der Waals surface area contributed by atoms with E-state index in [0.29, 0.717) is 12.1 Å². The molecule has 25 heavy (non-hydrogen) atoms. The minimum Gasteiger partial charge on any atom is -0.338 e. The van der Waals surface area contributed by atoms with Crippen LogP contribution >= 0.6 is 23.6 Å². The van der Waals surface area contributed by atoms with Gasteiger partial charge in [0.05, 0.1) is 6.04 Å². The highest BCUT2D eigenvalue weighted by molar-refractivity contribution is 7.80. The van der Waals surface area contributed by atoms with E-state index in [1.165, 1.54) is 48.1 Å². The number of hydrogen-bond donors (Lipinski definition) is 1. The number of thiophene rings is 1. The summed E-state index contributed by atoms with van der Waals surface area (Å²) < 4.78 is 0. The first kappa shape index (κ1) is 18.4. The third kappa shape index (κ3) is 4.62. The molecule has 3 rings (SSSR count). The lowest BCUT2D eigenvalue weighted by molar-refractivity contribution is 0.205. The van der Waals surface area contributed by atoms with Crippen molar-refractivity contribution in [2.45, 2.75) is 65.0 Å². The molecule has 1 heterocycles. The van der Waals surface area contributed by atoms with Gasteiger partial charge < -0.3 is 10.2 Å². The average molecular weight is 373 g/mol. The van der Waals surface area contributed by atoms with Gasteiger partial charge in [0.2, 0.25) is 0 Å². The monoisotopic (exact) mass is 372 g/mol. The van der Waals surface area contributed by atoms with Gasteiger partial charge in [0, 0.05) is 16.6 Å². The molecule has 0 unspecified atom stereocenters. The zero-order valence-electron chi connectivity index (χ0n) is 15.4. The first-order chi connectivity index (χ1) is 12.0. The Bertz CT molecular complexity index is 682. The van der Waals surface area contributed by atoms with Gasteiger partial charge in [-0.3, -0.25) is 0 Å². The van der Waals surface area contributed by atoms with Gasteiger partial charge in [-0.25, -0.2) is 0 Å². The predicted molar refractivity (Wildman–Crippen MR) is 114 cm³/mol. The highest BCUT2D eigenvalue weighted by Crippen LogP contribution is 2.33. The molecule has 1 aliphatic carbocycles. The van der Waals surface area contributed by atoms with Crippen LogP contribution in [-0.4, -0.2) is 16.1 Å². The van der Waals surface area contributed by atoms with Crippen molar-refractivity contribution < 1.29 is 0 Å². The Hall–Kier alpha value is -1.39. The number of nitrogens with zero attached hydrogens (tertiary/aromatic N) is 1. The van der Waals surface area contributed by atoms with Gasteiger partial charge >= 0.3 is 0 Å². The molecule has 0 spiro atoms. The van der Waals surface area contributed by atoms with Crippen molar-refractivity contribution in [3.63, 3.8) is 0 Å². The summed E-state index contributed by atoms with van der Waals surface area (Å²) in [7, 11) is 0. The van der Waals surface area contributed by atoms with Crippen LogP contribution in [0.3, 0.4) is 0 Å². The van der Waals surface area contributed by atoms with Crippen LogP contribution < -0.4 is 5.32 Å². The van der Waals surface area contributed by atoms with Gasteiger partial charge in [0.1, 0.15) is 0 Å². The number of anilines is 1. The second-order valence-corrected chi connectivity index (χ2v) is 8.56. The molecule has 2 aromatic rings. The Labute approximate surface area is 161 Å². The second kappa shape index (κ2) is 8.33. The van der Waals surface area contributed by atoms with Gasteiger partial charge in [-0.05, 0) is 80.5 Å². The van der Waals surface area contributed by atoms with Crippen molar-refractivity contribution in [3.8, 4) is 0 Å². The molecule has 1 aliphatic rings. The van der Waals surface area contributed by atoms with Crippen LogP contribution in [0, 0.1) is 13.8 Å². The normalized spacial score (nSPS) is 16.4. The van der Waals surface area contributed by atoms with Gasteiger partial charge in [0.15, 0.2) is 5.11 Å². The summed E-state index contributed by atoms with van der Waals surface area (Å²) in [6, 6.07) is 11.8. The van der Waals surface area contributed by atoms with E-state index in [1.807, 2.05) is 11.3 Å². The molecule has 1 aromatic heterocycles. The lowest BCUT2D eigenvalue weighted by atomic mass is 9.93. The molecule has 1 N–H and O–H groups in total. The zero-order valence-corrected chi connectivity index (χ0v) is 17.1. The van der Waals surface area contributed by atoms with Crippen LogP contribution in [0.15, 0.2) is 35.7 Å². The molecule has 0 bridgehead atoms. The van der Waals surface area contributed by atoms with Crippen LogP contribution in [0.5, 0.6) is 0 Å². The van der Waals surface area contributed by atoms with Crippen molar-refractivity contribution in [1.82, 2.24) is 4.90 Å². The molecule has 0 radical (unpaired) electrons. The van der Waals surface area contributed by atoms with Crippen molar-refractivity contribution in [2.75, 3.05) is 5.32 Å². The molecule has 4 heteroatoms. The summed E-state index contributed by atoms with van der Waals surface area (Å²) in [6.07, 6.45) is 6.46. The summed E-state index contributed by atoms with van der Waals surface area (Å²) >= 11 is 7.72. The van der Waals surface area contributed by atoms with Crippen molar-refractivity contribution in [2.24, 2.45) is 0 Å². The Morgan fingerprint density at radius 1 is 1.16 bits per heavy atom. The molecule has 0 aliphatic heterocycles. The summed E-state index contributed by atoms with van der Waals surface area (Å²) in [6.45, 7) is 6.55. The SMILES string of the molecule is Cc1cc(C)cc(NC(=S)N(C2CCCCC2)[C@H](C)c2cccs2)c1. The van der Waals surface area contributed by atoms with Crippen molar-refractivity contribution in [1.29, 1.82) is 0 Å². The second-order valence-electron chi connectivity index (χ2n) is 7.20. The Morgan fingerprint density at radius 3 is 2.44 bits per heavy atom. The summed E-state index contributed by atoms with van der Waals surface area (Å²) in [4.78, 5) is 3.84. The molecule has 1 aromatic carbocycles. The quantitative estimate of drug-likeness (QED) is 0.620. The van der Waals surface area contributed by atoms with Crippen LogP contribution in [0.4, 0.5) is 5.69 Å². The van der Waals surface area contributed by atoms with E-state index in [4.69, 9.17) is 12.2 Å². The number of nitrogens with one attached hydrogen (secondary N) is 1. The lowest BCUT2D eigenvalue weighted by Crippen LogP contribution is -2.45. The topological polar surface area (TPSA) is 15.3 Å². The maximum Gasteiger partial charge on any atom is 0.174 e. The van der Waals surface area contributed by atoms with Crippen LogP contribution in [0.2, 0.25) is 0 Å². The summed E-state index contributed by atoms with van der Waals surface area (Å²) in [5.41, 5.74) is 3.63. The fraction of sp³-hybridized carbons (Fsp3) is 0.476. The van der Waals surface area contributed by atoms with E-state index >= 15 is 0 Å². The van der Waals surface area contributed by atoms with Gasteiger partial charge in [-0.1, -0.05) is 31.4 Å². The molecule has 134 valence electrons. The Balaban J connectivity index is 1.83. The number of rotatable bonds is 4. The number of hydrogen-bond acceptors (Lipinski definition) is 2. The predicted octanol–water partition coefficient (Wildman–Crippen LogP) is 6.46. The first-order valence-corrected chi connectivity index (χ1v) is 10.5. The van der Waals surface area contributed by atoms with Crippen LogP contribution in [0.25, 0.3) is 0 Å². The molecule has 1 saturated carbocycles. The zero-order chi connectivity index (χ0) is 17.8. The lowest BCUT2D eigenvalue weighted by Gasteiger charge is -2.40. The van der Waals surface area contributed by atoms with Gasteiger partial charge in [-0.2, -0.15) is 0 Å². The third-order valence-corrected chi connectivity index (χ3v) is 6.40. The maximum absolute atomic E-state index is 5.89. The van der Waals surface area contributed by atoms with E-state index in [9.17, 15) is 0 Å².